The van der Waals surface area contributed by atoms with Gasteiger partial charge in [0.1, 0.15) is 10.6 Å². The molecule has 25 heavy (non-hydrogen) atoms. The van der Waals surface area contributed by atoms with Crippen molar-refractivity contribution in [2.45, 2.75) is 20.4 Å². The van der Waals surface area contributed by atoms with Gasteiger partial charge in [0.05, 0.1) is 5.39 Å². The van der Waals surface area contributed by atoms with E-state index in [1.54, 1.807) is 23.7 Å². The van der Waals surface area contributed by atoms with Gasteiger partial charge in [-0.1, -0.05) is 30.3 Å². The highest BCUT2D eigenvalue weighted by Crippen LogP contribution is 2.35. The van der Waals surface area contributed by atoms with Crippen LogP contribution in [-0.4, -0.2) is 15.0 Å². The van der Waals surface area contributed by atoms with Crippen LogP contribution >= 0.6 is 11.3 Å². The molecule has 4 rings (SSSR count). The van der Waals surface area contributed by atoms with E-state index in [0.29, 0.717) is 5.82 Å². The third kappa shape index (κ3) is 3.10. The number of hydrogen-bond acceptors (Lipinski definition) is 5. The minimum atomic E-state index is 0.706. The number of fused-ring (bicyclic) bond motifs is 1. The predicted octanol–water partition coefficient (Wildman–Crippen LogP) is 4.98. The molecule has 4 aromatic rings. The molecule has 0 radical (unpaired) electrons. The molecule has 4 nitrogen and oxygen atoms in total. The summed E-state index contributed by atoms with van der Waals surface area (Å²) in [6, 6.07) is 14.2. The van der Waals surface area contributed by atoms with Gasteiger partial charge >= 0.3 is 0 Å². The van der Waals surface area contributed by atoms with Gasteiger partial charge in [-0.15, -0.1) is 11.3 Å². The number of rotatable bonds is 4. The van der Waals surface area contributed by atoms with Crippen LogP contribution in [0.25, 0.3) is 21.6 Å². The van der Waals surface area contributed by atoms with Gasteiger partial charge in [-0.2, -0.15) is 0 Å². The summed E-state index contributed by atoms with van der Waals surface area (Å²) < 4.78 is 0. The van der Waals surface area contributed by atoms with Crippen LogP contribution in [0.15, 0.2) is 54.9 Å². The van der Waals surface area contributed by atoms with Crippen LogP contribution in [0, 0.1) is 13.8 Å². The Morgan fingerprint density at radius 1 is 1.00 bits per heavy atom. The van der Waals surface area contributed by atoms with E-state index in [0.717, 1.165) is 28.1 Å². The Balaban J connectivity index is 1.80. The molecule has 0 aliphatic carbocycles. The lowest BCUT2D eigenvalue weighted by Gasteiger charge is -2.10. The van der Waals surface area contributed by atoms with Crippen molar-refractivity contribution < 1.29 is 0 Å². The second-order valence-electron chi connectivity index (χ2n) is 5.94. The number of anilines is 1. The summed E-state index contributed by atoms with van der Waals surface area (Å²) in [7, 11) is 0. The Labute approximate surface area is 150 Å². The van der Waals surface area contributed by atoms with Gasteiger partial charge in [0.2, 0.25) is 0 Å². The monoisotopic (exact) mass is 346 g/mol. The van der Waals surface area contributed by atoms with Crippen molar-refractivity contribution in [2.75, 3.05) is 5.32 Å². The minimum absolute atomic E-state index is 0.706. The van der Waals surface area contributed by atoms with E-state index in [4.69, 9.17) is 9.97 Å². The highest BCUT2D eigenvalue weighted by Gasteiger charge is 2.15. The summed E-state index contributed by atoms with van der Waals surface area (Å²) in [6.07, 6.45) is 3.56. The largest absolute Gasteiger partial charge is 0.365 e. The van der Waals surface area contributed by atoms with Crippen LogP contribution in [0.3, 0.4) is 0 Å². The van der Waals surface area contributed by atoms with Crippen LogP contribution in [0.2, 0.25) is 0 Å². The van der Waals surface area contributed by atoms with Crippen molar-refractivity contribution in [2.24, 2.45) is 0 Å². The van der Waals surface area contributed by atoms with E-state index >= 15 is 0 Å². The Bertz CT molecular complexity index is 1010. The molecule has 0 fully saturated rings. The quantitative estimate of drug-likeness (QED) is 0.566. The SMILES string of the molecule is Cc1sc2nc(-c3cccnc3)nc(NCc3ccccc3)c2c1C. The highest BCUT2D eigenvalue weighted by molar-refractivity contribution is 7.18. The molecule has 124 valence electrons. The third-order valence-electron chi connectivity index (χ3n) is 4.25. The first kappa shape index (κ1) is 15.7. The molecule has 1 aromatic carbocycles. The Morgan fingerprint density at radius 3 is 2.60 bits per heavy atom. The van der Waals surface area contributed by atoms with Gasteiger partial charge in [-0.3, -0.25) is 4.98 Å². The molecule has 0 spiro atoms. The van der Waals surface area contributed by atoms with E-state index < -0.39 is 0 Å². The number of aryl methyl sites for hydroxylation is 2. The number of pyridine rings is 1. The fourth-order valence-corrected chi connectivity index (χ4v) is 3.81. The van der Waals surface area contributed by atoms with Gasteiger partial charge in [0.25, 0.3) is 0 Å². The highest BCUT2D eigenvalue weighted by atomic mass is 32.1. The van der Waals surface area contributed by atoms with Crippen molar-refractivity contribution in [1.82, 2.24) is 15.0 Å². The molecule has 0 aliphatic rings. The molecule has 0 saturated heterocycles. The minimum Gasteiger partial charge on any atom is -0.365 e. The summed E-state index contributed by atoms with van der Waals surface area (Å²) in [5.74, 6) is 1.59. The van der Waals surface area contributed by atoms with Gasteiger partial charge < -0.3 is 5.32 Å². The average Bonchev–Trinajstić information content (AvgIpc) is 2.95. The summed E-state index contributed by atoms with van der Waals surface area (Å²) in [4.78, 5) is 16.1. The van der Waals surface area contributed by atoms with E-state index in [9.17, 15) is 0 Å². The zero-order valence-corrected chi connectivity index (χ0v) is 15.0. The van der Waals surface area contributed by atoms with Crippen molar-refractivity contribution in [1.29, 1.82) is 0 Å². The van der Waals surface area contributed by atoms with Crippen molar-refractivity contribution in [3.63, 3.8) is 0 Å². The second-order valence-corrected chi connectivity index (χ2v) is 7.14. The van der Waals surface area contributed by atoms with Crippen LogP contribution in [-0.2, 0) is 6.54 Å². The van der Waals surface area contributed by atoms with E-state index in [1.165, 1.54) is 16.0 Å². The van der Waals surface area contributed by atoms with Gasteiger partial charge in [0.15, 0.2) is 5.82 Å². The molecule has 3 aromatic heterocycles. The number of aromatic nitrogens is 3. The van der Waals surface area contributed by atoms with Gasteiger partial charge in [0, 0.05) is 29.4 Å². The van der Waals surface area contributed by atoms with Crippen molar-refractivity contribution >= 4 is 27.4 Å². The summed E-state index contributed by atoms with van der Waals surface area (Å²) in [6.45, 7) is 5.00. The molecular formula is C20H18N4S. The molecule has 3 heterocycles. The number of nitrogens with zero attached hydrogens (tertiary/aromatic N) is 3. The summed E-state index contributed by atoms with van der Waals surface area (Å²) in [5, 5.41) is 4.62. The fourth-order valence-electron chi connectivity index (χ4n) is 2.78. The van der Waals surface area contributed by atoms with E-state index in [1.807, 2.05) is 30.3 Å². The third-order valence-corrected chi connectivity index (χ3v) is 5.35. The smallest absolute Gasteiger partial charge is 0.164 e. The maximum atomic E-state index is 4.80. The lowest BCUT2D eigenvalue weighted by Crippen LogP contribution is -2.04. The molecule has 0 unspecified atom stereocenters. The standard InChI is InChI=1S/C20H18N4S/c1-13-14(2)25-20-17(13)19(22-11-15-7-4-3-5-8-15)23-18(24-20)16-9-6-10-21-12-16/h3-10,12H,11H2,1-2H3,(H,22,23,24). The number of nitrogens with one attached hydrogen (secondary N) is 1. The first-order valence-corrected chi connectivity index (χ1v) is 9.00. The maximum absolute atomic E-state index is 4.80. The molecule has 0 bridgehead atoms. The lowest BCUT2D eigenvalue weighted by molar-refractivity contribution is 1.10. The Kier molecular flexibility index (Phi) is 4.15. The fraction of sp³-hybridized carbons (Fsp3) is 0.150. The molecule has 5 heteroatoms. The predicted molar refractivity (Wildman–Crippen MR) is 104 cm³/mol. The van der Waals surface area contributed by atoms with E-state index in [-0.39, 0.29) is 0 Å². The van der Waals surface area contributed by atoms with Crippen LogP contribution in [0.1, 0.15) is 16.0 Å². The topological polar surface area (TPSA) is 50.7 Å². The maximum Gasteiger partial charge on any atom is 0.164 e. The summed E-state index contributed by atoms with van der Waals surface area (Å²) in [5.41, 5.74) is 3.39. The second kappa shape index (κ2) is 6.61. The molecule has 0 saturated carbocycles. The van der Waals surface area contributed by atoms with Gasteiger partial charge in [-0.05, 0) is 37.1 Å². The first-order valence-electron chi connectivity index (χ1n) is 8.18. The normalized spacial score (nSPS) is 11.0. The van der Waals surface area contributed by atoms with Crippen LogP contribution in [0.5, 0.6) is 0 Å². The Hall–Kier alpha value is -2.79. The summed E-state index contributed by atoms with van der Waals surface area (Å²) >= 11 is 1.71. The molecule has 0 atom stereocenters. The number of thiophene rings is 1. The van der Waals surface area contributed by atoms with Crippen LogP contribution < -0.4 is 5.32 Å². The first-order chi connectivity index (χ1) is 12.2. The van der Waals surface area contributed by atoms with E-state index in [2.05, 4.69) is 36.3 Å². The zero-order chi connectivity index (χ0) is 17.2. The molecule has 1 N–H and O–H groups in total. The Morgan fingerprint density at radius 2 is 1.84 bits per heavy atom. The zero-order valence-electron chi connectivity index (χ0n) is 14.2. The average molecular weight is 346 g/mol. The number of benzene rings is 1. The van der Waals surface area contributed by atoms with Crippen molar-refractivity contribution in [3.8, 4) is 11.4 Å². The molecule has 0 amide bonds. The van der Waals surface area contributed by atoms with Crippen LogP contribution in [0.4, 0.5) is 5.82 Å². The number of hydrogen-bond donors (Lipinski definition) is 1. The van der Waals surface area contributed by atoms with Gasteiger partial charge in [-0.25, -0.2) is 9.97 Å². The molecule has 0 aliphatic heterocycles. The van der Waals surface area contributed by atoms with Crippen molar-refractivity contribution in [3.05, 3.63) is 70.9 Å². The molecular weight excluding hydrogens is 328 g/mol. The lowest BCUT2D eigenvalue weighted by atomic mass is 10.2.